The predicted octanol–water partition coefficient (Wildman–Crippen LogP) is 4.80. The summed E-state index contributed by atoms with van der Waals surface area (Å²) in [5, 5.41) is 0. The second-order valence-electron chi connectivity index (χ2n) is 7.86. The van der Waals surface area contributed by atoms with Gasteiger partial charge in [-0.25, -0.2) is 0 Å². The Kier molecular flexibility index (Phi) is 7.47. The van der Waals surface area contributed by atoms with Crippen LogP contribution in [0.3, 0.4) is 0 Å². The predicted molar refractivity (Wildman–Crippen MR) is 125 cm³/mol. The Morgan fingerprint density at radius 1 is 0.967 bits per heavy atom. The van der Waals surface area contributed by atoms with E-state index in [1.54, 1.807) is 0 Å². The van der Waals surface area contributed by atoms with Crippen LogP contribution in [0.5, 0.6) is 0 Å². The smallest absolute Gasteiger partial charge is 0.271 e. The lowest BCUT2D eigenvalue weighted by atomic mass is 9.95. The highest BCUT2D eigenvalue weighted by molar-refractivity contribution is 5.57. The molecule has 2 aromatic carbocycles. The molecular weight excluding hydrogens is 372 g/mol. The highest BCUT2D eigenvalue weighted by Gasteiger charge is 2.18. The van der Waals surface area contributed by atoms with Gasteiger partial charge in [-0.2, -0.15) is 0 Å². The zero-order valence-corrected chi connectivity index (χ0v) is 18.5. The molecule has 0 saturated heterocycles. The first-order valence-corrected chi connectivity index (χ1v) is 10.6. The van der Waals surface area contributed by atoms with E-state index >= 15 is 0 Å². The molecule has 4 heteroatoms. The Bertz CT molecular complexity index is 1020. The van der Waals surface area contributed by atoms with Gasteiger partial charge in [0.05, 0.1) is 13.2 Å². The minimum atomic E-state index is -0.0297. The summed E-state index contributed by atoms with van der Waals surface area (Å²) in [4.78, 5) is 18.0. The van der Waals surface area contributed by atoms with Crippen molar-refractivity contribution in [2.24, 2.45) is 0 Å². The minimum absolute atomic E-state index is 0.0297. The normalized spacial score (nSPS) is 10.9. The van der Waals surface area contributed by atoms with E-state index in [0.29, 0.717) is 19.8 Å². The Hall–Kier alpha value is -2.85. The van der Waals surface area contributed by atoms with Crippen LogP contribution in [-0.4, -0.2) is 25.2 Å². The van der Waals surface area contributed by atoms with Crippen LogP contribution in [0.25, 0.3) is 0 Å². The average Bonchev–Trinajstić information content (AvgIpc) is 2.72. The zero-order chi connectivity index (χ0) is 21.5. The number of pyridine rings is 1. The van der Waals surface area contributed by atoms with Crippen LogP contribution < -0.4 is 10.5 Å². The molecule has 0 amide bonds. The van der Waals surface area contributed by atoms with Crippen molar-refractivity contribution in [1.29, 1.82) is 0 Å². The number of hydrogen-bond acceptors (Lipinski definition) is 3. The number of hydrogen-bond donors (Lipinski definition) is 1. The quantitative estimate of drug-likeness (QED) is 0.521. The van der Waals surface area contributed by atoms with E-state index in [-0.39, 0.29) is 5.56 Å². The van der Waals surface area contributed by atoms with Gasteiger partial charge in [-0.05, 0) is 42.5 Å². The van der Waals surface area contributed by atoms with Crippen molar-refractivity contribution in [3.63, 3.8) is 0 Å². The number of rotatable bonds is 9. The fourth-order valence-electron chi connectivity index (χ4n) is 3.99. The fraction of sp³-hybridized carbons (Fsp3) is 0.346. The first-order chi connectivity index (χ1) is 14.5. The van der Waals surface area contributed by atoms with Crippen molar-refractivity contribution in [3.05, 3.63) is 98.5 Å². The van der Waals surface area contributed by atoms with Crippen molar-refractivity contribution in [3.8, 4) is 0 Å². The summed E-state index contributed by atoms with van der Waals surface area (Å²) in [5.41, 5.74) is 7.64. The van der Waals surface area contributed by atoms with E-state index in [1.807, 2.05) is 37.1 Å². The first-order valence-electron chi connectivity index (χ1n) is 10.6. The summed E-state index contributed by atoms with van der Waals surface area (Å²) >= 11 is 0. The molecule has 1 N–H and O–H groups in total. The molecular formula is C26H32N2O2. The summed E-state index contributed by atoms with van der Waals surface area (Å²) in [5.74, 6) is 0. The number of aromatic amines is 1. The van der Waals surface area contributed by atoms with Gasteiger partial charge in [0.2, 0.25) is 0 Å². The molecule has 0 saturated carbocycles. The summed E-state index contributed by atoms with van der Waals surface area (Å²) in [7, 11) is 1.98. The van der Waals surface area contributed by atoms with Crippen molar-refractivity contribution in [1.82, 2.24) is 4.98 Å². The number of anilines is 1. The van der Waals surface area contributed by atoms with E-state index in [2.05, 4.69) is 55.2 Å². The second-order valence-corrected chi connectivity index (χ2v) is 7.86. The Balaban J connectivity index is 1.80. The Labute approximate surface area is 179 Å². The number of H-pyrrole nitrogens is 1. The summed E-state index contributed by atoms with van der Waals surface area (Å²) in [6.07, 6.45) is 1.63. The summed E-state index contributed by atoms with van der Waals surface area (Å²) in [6.45, 7) is 8.03. The number of likely N-dealkylation sites (N-methyl/N-ethyl adjacent to an activating group) is 1. The highest BCUT2D eigenvalue weighted by Crippen LogP contribution is 2.25. The molecule has 0 unspecified atom stereocenters. The molecule has 4 nitrogen and oxygen atoms in total. The molecule has 0 aliphatic rings. The fourth-order valence-corrected chi connectivity index (χ4v) is 3.99. The molecule has 158 valence electrons. The van der Waals surface area contributed by atoms with E-state index in [1.165, 1.54) is 16.7 Å². The highest BCUT2D eigenvalue weighted by atomic mass is 16.5. The SMILES string of the molecule is CCc1c(C)[nH]c(=O)c(N(C)CCOCc2ccccc2)c1Cc1cccc(C)c1. The molecule has 3 aromatic rings. The number of ether oxygens (including phenoxy) is 1. The number of benzene rings is 2. The molecule has 1 heterocycles. The molecule has 0 aliphatic carbocycles. The van der Waals surface area contributed by atoms with Crippen molar-refractivity contribution in [2.75, 3.05) is 25.1 Å². The second kappa shape index (κ2) is 10.3. The minimum Gasteiger partial charge on any atom is -0.375 e. The molecule has 0 fully saturated rings. The van der Waals surface area contributed by atoms with E-state index in [4.69, 9.17) is 4.74 Å². The average molecular weight is 405 g/mol. The van der Waals surface area contributed by atoms with Crippen molar-refractivity contribution in [2.45, 2.75) is 40.2 Å². The lowest BCUT2D eigenvalue weighted by Gasteiger charge is -2.24. The van der Waals surface area contributed by atoms with Gasteiger partial charge in [0.25, 0.3) is 5.56 Å². The molecule has 0 bridgehead atoms. The van der Waals surface area contributed by atoms with Gasteiger partial charge in [-0.1, -0.05) is 67.1 Å². The maximum Gasteiger partial charge on any atom is 0.271 e. The number of nitrogens with zero attached hydrogens (tertiary/aromatic N) is 1. The van der Waals surface area contributed by atoms with E-state index in [9.17, 15) is 4.79 Å². The standard InChI is InChI=1S/C26H32N2O2/c1-5-23-20(3)27-26(29)25(24(23)17-22-13-9-10-19(2)16-22)28(4)14-15-30-18-21-11-7-6-8-12-21/h6-13,16H,5,14-15,17-18H2,1-4H3,(H,27,29). The number of aromatic nitrogens is 1. The van der Waals surface area contributed by atoms with Crippen LogP contribution in [0.2, 0.25) is 0 Å². The largest absolute Gasteiger partial charge is 0.375 e. The molecule has 0 spiro atoms. The third-order valence-electron chi connectivity index (χ3n) is 5.50. The maximum atomic E-state index is 12.9. The van der Waals surface area contributed by atoms with Gasteiger partial charge in [-0.15, -0.1) is 0 Å². The van der Waals surface area contributed by atoms with Crippen LogP contribution in [0.15, 0.2) is 59.4 Å². The Morgan fingerprint density at radius 3 is 2.40 bits per heavy atom. The van der Waals surface area contributed by atoms with Gasteiger partial charge in [0.1, 0.15) is 5.69 Å². The Morgan fingerprint density at radius 2 is 1.70 bits per heavy atom. The number of nitrogens with one attached hydrogen (secondary N) is 1. The molecule has 30 heavy (non-hydrogen) atoms. The number of aryl methyl sites for hydroxylation is 2. The summed E-state index contributed by atoms with van der Waals surface area (Å²) < 4.78 is 5.85. The van der Waals surface area contributed by atoms with Crippen LogP contribution in [0, 0.1) is 13.8 Å². The molecule has 3 rings (SSSR count). The van der Waals surface area contributed by atoms with Gasteiger partial charge >= 0.3 is 0 Å². The van der Waals surface area contributed by atoms with Gasteiger partial charge in [-0.3, -0.25) is 4.79 Å². The van der Waals surface area contributed by atoms with Crippen LogP contribution in [0.1, 0.15) is 40.4 Å². The van der Waals surface area contributed by atoms with Gasteiger partial charge in [0, 0.05) is 25.7 Å². The molecule has 0 radical (unpaired) electrons. The molecule has 0 atom stereocenters. The summed E-state index contributed by atoms with van der Waals surface area (Å²) in [6, 6.07) is 18.7. The third-order valence-corrected chi connectivity index (χ3v) is 5.50. The third kappa shape index (κ3) is 5.39. The lowest BCUT2D eigenvalue weighted by Crippen LogP contribution is -2.31. The first kappa shape index (κ1) is 21.8. The maximum absolute atomic E-state index is 12.9. The zero-order valence-electron chi connectivity index (χ0n) is 18.5. The van der Waals surface area contributed by atoms with Crippen molar-refractivity contribution >= 4 is 5.69 Å². The van der Waals surface area contributed by atoms with E-state index in [0.717, 1.165) is 35.3 Å². The topological polar surface area (TPSA) is 45.3 Å². The molecule has 1 aromatic heterocycles. The van der Waals surface area contributed by atoms with Crippen molar-refractivity contribution < 1.29 is 4.74 Å². The molecule has 0 aliphatic heterocycles. The van der Waals surface area contributed by atoms with Crippen LogP contribution in [0.4, 0.5) is 5.69 Å². The lowest BCUT2D eigenvalue weighted by molar-refractivity contribution is 0.127. The van der Waals surface area contributed by atoms with E-state index < -0.39 is 0 Å². The van der Waals surface area contributed by atoms with Crippen LogP contribution >= 0.6 is 0 Å². The monoisotopic (exact) mass is 404 g/mol. The van der Waals surface area contributed by atoms with Crippen LogP contribution in [-0.2, 0) is 24.2 Å². The van der Waals surface area contributed by atoms with Gasteiger partial charge < -0.3 is 14.6 Å². The van der Waals surface area contributed by atoms with Gasteiger partial charge in [0.15, 0.2) is 0 Å².